The third-order valence-electron chi connectivity index (χ3n) is 5.67. The SMILES string of the molecule is CN1CCOC(CNC(=O)c2nc3c(o2)CCN(C(=O)c2ccc(N(C)C)cc2)C3)C1. The maximum atomic E-state index is 12.9. The van der Waals surface area contributed by atoms with Gasteiger partial charge in [0.1, 0.15) is 11.5 Å². The molecule has 0 aliphatic carbocycles. The molecule has 1 N–H and O–H groups in total. The molecular weight excluding hydrogens is 398 g/mol. The first-order valence-electron chi connectivity index (χ1n) is 10.5. The Morgan fingerprint density at radius 3 is 2.71 bits per heavy atom. The summed E-state index contributed by atoms with van der Waals surface area (Å²) in [6.45, 7) is 3.59. The van der Waals surface area contributed by atoms with Crippen LogP contribution in [-0.2, 0) is 17.7 Å². The van der Waals surface area contributed by atoms with Crippen molar-refractivity contribution in [3.05, 3.63) is 47.2 Å². The van der Waals surface area contributed by atoms with E-state index in [2.05, 4.69) is 15.2 Å². The minimum Gasteiger partial charge on any atom is -0.437 e. The molecule has 0 radical (unpaired) electrons. The predicted molar refractivity (Wildman–Crippen MR) is 115 cm³/mol. The van der Waals surface area contributed by atoms with E-state index in [4.69, 9.17) is 9.15 Å². The third kappa shape index (κ3) is 4.88. The lowest BCUT2D eigenvalue weighted by atomic mass is 10.1. The summed E-state index contributed by atoms with van der Waals surface area (Å²) < 4.78 is 11.4. The fourth-order valence-electron chi connectivity index (χ4n) is 3.83. The van der Waals surface area contributed by atoms with Crippen LogP contribution in [0.3, 0.4) is 0 Å². The predicted octanol–water partition coefficient (Wildman–Crippen LogP) is 1.000. The molecule has 31 heavy (non-hydrogen) atoms. The number of hydrogen-bond donors (Lipinski definition) is 1. The number of amides is 2. The van der Waals surface area contributed by atoms with Crippen molar-refractivity contribution in [3.8, 4) is 0 Å². The Hall–Kier alpha value is -2.91. The lowest BCUT2D eigenvalue weighted by Gasteiger charge is -2.29. The Balaban J connectivity index is 1.36. The highest BCUT2D eigenvalue weighted by molar-refractivity contribution is 5.94. The van der Waals surface area contributed by atoms with Gasteiger partial charge in [-0.15, -0.1) is 0 Å². The van der Waals surface area contributed by atoms with Gasteiger partial charge < -0.3 is 29.2 Å². The number of likely N-dealkylation sites (N-methyl/N-ethyl adjacent to an activating group) is 1. The molecule has 9 nitrogen and oxygen atoms in total. The van der Waals surface area contributed by atoms with Crippen LogP contribution < -0.4 is 10.2 Å². The summed E-state index contributed by atoms with van der Waals surface area (Å²) in [7, 11) is 5.95. The van der Waals surface area contributed by atoms with E-state index in [1.165, 1.54) is 0 Å². The number of aromatic nitrogens is 1. The second-order valence-electron chi connectivity index (χ2n) is 8.27. The summed E-state index contributed by atoms with van der Waals surface area (Å²) in [6.07, 6.45) is 0.493. The van der Waals surface area contributed by atoms with Gasteiger partial charge in [-0.25, -0.2) is 4.98 Å². The molecule has 0 saturated carbocycles. The van der Waals surface area contributed by atoms with Crippen molar-refractivity contribution in [2.45, 2.75) is 19.1 Å². The van der Waals surface area contributed by atoms with Gasteiger partial charge in [-0.2, -0.15) is 0 Å². The van der Waals surface area contributed by atoms with Crippen molar-refractivity contribution in [2.75, 3.05) is 58.8 Å². The standard InChI is InChI=1S/C22H29N5O4/c1-25(2)16-6-4-15(5-7-16)22(29)27-9-8-19-18(14-27)24-21(31-19)20(28)23-12-17-13-26(3)10-11-30-17/h4-7,17H,8-14H2,1-3H3,(H,23,28). The van der Waals surface area contributed by atoms with E-state index in [0.29, 0.717) is 49.7 Å². The van der Waals surface area contributed by atoms with Gasteiger partial charge >= 0.3 is 5.91 Å². The number of anilines is 1. The van der Waals surface area contributed by atoms with Gasteiger partial charge in [-0.3, -0.25) is 9.59 Å². The summed E-state index contributed by atoms with van der Waals surface area (Å²) in [5.41, 5.74) is 2.31. The van der Waals surface area contributed by atoms with Crippen LogP contribution >= 0.6 is 0 Å². The number of fused-ring (bicyclic) bond motifs is 1. The molecule has 2 aromatic rings. The minimum absolute atomic E-state index is 0.0406. The molecule has 4 rings (SSSR count). The zero-order valence-corrected chi connectivity index (χ0v) is 18.3. The lowest BCUT2D eigenvalue weighted by molar-refractivity contribution is -0.0176. The first-order valence-corrected chi connectivity index (χ1v) is 10.5. The summed E-state index contributed by atoms with van der Waals surface area (Å²) in [6, 6.07) is 7.52. The Labute approximate surface area is 182 Å². The van der Waals surface area contributed by atoms with Crippen molar-refractivity contribution >= 4 is 17.5 Å². The molecule has 0 spiro atoms. The van der Waals surface area contributed by atoms with Crippen molar-refractivity contribution in [1.29, 1.82) is 0 Å². The van der Waals surface area contributed by atoms with E-state index in [1.54, 1.807) is 4.90 Å². The fourth-order valence-corrected chi connectivity index (χ4v) is 3.83. The number of benzene rings is 1. The van der Waals surface area contributed by atoms with Gasteiger partial charge in [0.2, 0.25) is 0 Å². The van der Waals surface area contributed by atoms with Gasteiger partial charge in [0.15, 0.2) is 0 Å². The Bertz CT molecular complexity index is 940. The Morgan fingerprint density at radius 1 is 1.23 bits per heavy atom. The maximum Gasteiger partial charge on any atom is 0.307 e. The van der Waals surface area contributed by atoms with E-state index in [9.17, 15) is 9.59 Å². The molecule has 0 bridgehead atoms. The summed E-state index contributed by atoms with van der Waals surface area (Å²) in [4.78, 5) is 35.6. The van der Waals surface area contributed by atoms with E-state index < -0.39 is 0 Å². The van der Waals surface area contributed by atoms with E-state index in [1.807, 2.05) is 50.3 Å². The van der Waals surface area contributed by atoms with Crippen LogP contribution in [0.2, 0.25) is 0 Å². The van der Waals surface area contributed by atoms with Crippen molar-refractivity contribution < 1.29 is 18.7 Å². The van der Waals surface area contributed by atoms with Gasteiger partial charge in [0.05, 0.1) is 19.3 Å². The highest BCUT2D eigenvalue weighted by Crippen LogP contribution is 2.22. The maximum absolute atomic E-state index is 12.9. The topological polar surface area (TPSA) is 91.1 Å². The molecule has 9 heteroatoms. The number of carbonyl (C=O) groups excluding carboxylic acids is 2. The molecule has 1 saturated heterocycles. The Morgan fingerprint density at radius 2 is 2.00 bits per heavy atom. The average Bonchev–Trinajstić information content (AvgIpc) is 3.20. The zero-order valence-electron chi connectivity index (χ0n) is 18.3. The molecule has 1 fully saturated rings. The van der Waals surface area contributed by atoms with Crippen molar-refractivity contribution in [3.63, 3.8) is 0 Å². The van der Waals surface area contributed by atoms with Gasteiger partial charge in [-0.1, -0.05) is 0 Å². The van der Waals surface area contributed by atoms with E-state index >= 15 is 0 Å². The number of nitrogens with zero attached hydrogens (tertiary/aromatic N) is 4. The summed E-state index contributed by atoms with van der Waals surface area (Å²) in [5, 5.41) is 2.84. The first-order chi connectivity index (χ1) is 14.9. The molecule has 2 aliphatic heterocycles. The number of oxazole rings is 1. The van der Waals surface area contributed by atoms with Crippen LogP contribution in [0.15, 0.2) is 28.7 Å². The summed E-state index contributed by atoms with van der Waals surface area (Å²) >= 11 is 0. The molecule has 2 aliphatic rings. The number of ether oxygens (including phenoxy) is 1. The second kappa shape index (κ2) is 9.07. The summed E-state index contributed by atoms with van der Waals surface area (Å²) in [5.74, 6) is 0.302. The lowest BCUT2D eigenvalue weighted by Crippen LogP contribution is -2.46. The smallest absolute Gasteiger partial charge is 0.307 e. The third-order valence-corrected chi connectivity index (χ3v) is 5.67. The van der Waals surface area contributed by atoms with Crippen LogP contribution in [0.4, 0.5) is 5.69 Å². The van der Waals surface area contributed by atoms with Crippen molar-refractivity contribution in [2.24, 2.45) is 0 Å². The largest absolute Gasteiger partial charge is 0.437 e. The van der Waals surface area contributed by atoms with Crippen molar-refractivity contribution in [1.82, 2.24) is 20.1 Å². The normalized spacial score (nSPS) is 19.1. The number of hydrogen-bond acceptors (Lipinski definition) is 7. The monoisotopic (exact) mass is 427 g/mol. The van der Waals surface area contributed by atoms with Crippen LogP contribution in [0.25, 0.3) is 0 Å². The van der Waals surface area contributed by atoms with Gasteiger partial charge in [-0.05, 0) is 31.3 Å². The van der Waals surface area contributed by atoms with Crippen LogP contribution in [0.5, 0.6) is 0 Å². The molecule has 1 unspecified atom stereocenters. The van der Waals surface area contributed by atoms with E-state index in [-0.39, 0.29) is 23.8 Å². The minimum atomic E-state index is -0.358. The van der Waals surface area contributed by atoms with E-state index in [0.717, 1.165) is 18.8 Å². The Kier molecular flexibility index (Phi) is 6.24. The molecule has 1 aromatic heterocycles. The van der Waals surface area contributed by atoms with Gasteiger partial charge in [0.25, 0.3) is 11.8 Å². The molecule has 166 valence electrons. The quantitative estimate of drug-likeness (QED) is 0.761. The molecule has 1 aromatic carbocycles. The number of nitrogens with one attached hydrogen (secondary N) is 1. The number of morpholine rings is 1. The van der Waals surface area contributed by atoms with Gasteiger partial charge in [0, 0.05) is 57.9 Å². The highest BCUT2D eigenvalue weighted by Gasteiger charge is 2.28. The first kappa shape index (κ1) is 21.3. The molecular formula is C22H29N5O4. The van der Waals surface area contributed by atoms with Crippen LogP contribution in [-0.4, -0.2) is 86.6 Å². The van der Waals surface area contributed by atoms with Crippen LogP contribution in [0.1, 0.15) is 32.5 Å². The molecule has 3 heterocycles. The zero-order chi connectivity index (χ0) is 22.0. The number of carbonyl (C=O) groups is 2. The molecule has 1 atom stereocenters. The highest BCUT2D eigenvalue weighted by atomic mass is 16.5. The molecule has 2 amide bonds. The van der Waals surface area contributed by atoms with Crippen LogP contribution in [0, 0.1) is 0 Å². The second-order valence-corrected chi connectivity index (χ2v) is 8.27. The number of rotatable bonds is 5. The fraction of sp³-hybridized carbons (Fsp3) is 0.500. The average molecular weight is 428 g/mol.